The Bertz CT molecular complexity index is 1280. The highest BCUT2D eigenvalue weighted by atomic mass is 32.2. The van der Waals surface area contributed by atoms with Crippen LogP contribution >= 0.6 is 0 Å². The van der Waals surface area contributed by atoms with Gasteiger partial charge in [0.15, 0.2) is 5.82 Å². The summed E-state index contributed by atoms with van der Waals surface area (Å²) in [4.78, 5) is 31.3. The molecule has 0 N–H and O–H groups in total. The number of fused-ring (bicyclic) bond motifs is 2. The third kappa shape index (κ3) is 3.12. The molecule has 0 unspecified atom stereocenters. The van der Waals surface area contributed by atoms with E-state index in [1.165, 1.54) is 23.7 Å². The molecular formula is C20H19N3O5S. The first-order chi connectivity index (χ1) is 13.7. The zero-order chi connectivity index (χ0) is 20.9. The Kier molecular flexibility index (Phi) is 4.51. The number of para-hydroxylation sites is 1. The fourth-order valence-electron chi connectivity index (χ4n) is 3.39. The molecule has 2 heterocycles. The largest absolute Gasteiger partial charge is 0.311 e. The summed E-state index contributed by atoms with van der Waals surface area (Å²) in [5.41, 5.74) is 0.883. The van der Waals surface area contributed by atoms with Crippen molar-refractivity contribution in [3.8, 4) is 0 Å². The lowest BCUT2D eigenvalue weighted by Crippen LogP contribution is -2.48. The van der Waals surface area contributed by atoms with E-state index in [9.17, 15) is 18.0 Å². The molecular weight excluding hydrogens is 394 g/mol. The Morgan fingerprint density at radius 2 is 1.69 bits per heavy atom. The van der Waals surface area contributed by atoms with Gasteiger partial charge in [-0.25, -0.2) is 9.17 Å². The van der Waals surface area contributed by atoms with Crippen molar-refractivity contribution in [1.29, 1.82) is 0 Å². The van der Waals surface area contributed by atoms with E-state index in [4.69, 9.17) is 4.18 Å². The van der Waals surface area contributed by atoms with E-state index < -0.39 is 33.9 Å². The maximum absolute atomic E-state index is 13.0. The number of hydrogen-bond acceptors (Lipinski definition) is 6. The Morgan fingerprint density at radius 3 is 2.38 bits per heavy atom. The summed E-state index contributed by atoms with van der Waals surface area (Å²) < 4.78 is 32.3. The molecule has 29 heavy (non-hydrogen) atoms. The predicted molar refractivity (Wildman–Crippen MR) is 106 cm³/mol. The minimum Gasteiger partial charge on any atom is -0.311 e. The lowest BCUT2D eigenvalue weighted by Gasteiger charge is -2.36. The van der Waals surface area contributed by atoms with Gasteiger partial charge in [0, 0.05) is 7.05 Å². The molecule has 1 aliphatic heterocycles. The van der Waals surface area contributed by atoms with E-state index >= 15 is 0 Å². The molecule has 0 bridgehead atoms. The average Bonchev–Trinajstić information content (AvgIpc) is 2.70. The van der Waals surface area contributed by atoms with E-state index in [-0.39, 0.29) is 10.7 Å². The maximum Gasteiger partial charge on any atom is 0.299 e. The summed E-state index contributed by atoms with van der Waals surface area (Å²) in [6.45, 7) is 3.41. The number of likely N-dealkylation sites (N-methyl/N-ethyl adjacent to an activating group) is 1. The van der Waals surface area contributed by atoms with Gasteiger partial charge < -0.3 is 4.90 Å². The van der Waals surface area contributed by atoms with Crippen LogP contribution in [0.4, 0.5) is 0 Å². The van der Waals surface area contributed by atoms with Crippen molar-refractivity contribution < 1.29 is 17.4 Å². The molecule has 1 aromatic heterocycles. The van der Waals surface area contributed by atoms with Gasteiger partial charge in [0.05, 0.1) is 15.8 Å². The topological polar surface area (TPSA) is 98.6 Å². The normalized spacial score (nSPS) is 19.4. The van der Waals surface area contributed by atoms with Gasteiger partial charge in [-0.3, -0.25) is 14.2 Å². The summed E-state index contributed by atoms with van der Waals surface area (Å²) in [6, 6.07) is 12.0. The minimum atomic E-state index is -4.21. The lowest BCUT2D eigenvalue weighted by atomic mass is 10.1. The van der Waals surface area contributed by atoms with E-state index in [1.54, 1.807) is 43.3 Å². The van der Waals surface area contributed by atoms with Gasteiger partial charge in [-0.05, 0) is 38.1 Å². The molecule has 0 radical (unpaired) electrons. The molecule has 1 aliphatic rings. The van der Waals surface area contributed by atoms with Crippen molar-refractivity contribution in [3.05, 3.63) is 70.3 Å². The van der Waals surface area contributed by atoms with Crippen LogP contribution in [0.3, 0.4) is 0 Å². The number of carbonyl (C=O) groups is 1. The number of rotatable bonds is 3. The molecule has 150 valence electrons. The fourth-order valence-corrected chi connectivity index (χ4v) is 4.43. The van der Waals surface area contributed by atoms with Crippen molar-refractivity contribution >= 4 is 26.9 Å². The van der Waals surface area contributed by atoms with Crippen molar-refractivity contribution in [3.63, 3.8) is 0 Å². The van der Waals surface area contributed by atoms with Gasteiger partial charge in [-0.1, -0.05) is 29.8 Å². The number of aryl methyl sites for hydroxylation is 1. The quantitative estimate of drug-likeness (QED) is 0.610. The van der Waals surface area contributed by atoms with Gasteiger partial charge in [-0.2, -0.15) is 8.42 Å². The molecule has 0 saturated carbocycles. The van der Waals surface area contributed by atoms with Crippen LogP contribution in [0.2, 0.25) is 0 Å². The first-order valence-electron chi connectivity index (χ1n) is 8.98. The van der Waals surface area contributed by atoms with E-state index in [2.05, 4.69) is 4.98 Å². The highest BCUT2D eigenvalue weighted by Gasteiger charge is 2.41. The first kappa shape index (κ1) is 19.3. The average molecular weight is 413 g/mol. The number of nitrogens with zero attached hydrogens (tertiary/aromatic N) is 3. The van der Waals surface area contributed by atoms with Gasteiger partial charge >= 0.3 is 0 Å². The van der Waals surface area contributed by atoms with Crippen LogP contribution in [0.15, 0.2) is 58.2 Å². The molecule has 0 spiro atoms. The molecule has 2 atom stereocenters. The summed E-state index contributed by atoms with van der Waals surface area (Å²) in [5.74, 6) is -0.375. The molecule has 0 aliphatic carbocycles. The molecule has 2 aromatic carbocycles. The van der Waals surface area contributed by atoms with Crippen LogP contribution in [-0.2, 0) is 19.1 Å². The second-order valence-electron chi connectivity index (χ2n) is 7.00. The SMILES string of the molecule is Cc1ccc(S(=O)(=O)O[C@H]2c3nc4ccccc4c(=O)n3[C@@H](C)C(=O)N2C)cc1. The van der Waals surface area contributed by atoms with Crippen molar-refractivity contribution in [2.45, 2.75) is 31.0 Å². The van der Waals surface area contributed by atoms with Crippen molar-refractivity contribution in [2.24, 2.45) is 0 Å². The highest BCUT2D eigenvalue weighted by Crippen LogP contribution is 2.32. The number of amides is 1. The van der Waals surface area contributed by atoms with Crippen molar-refractivity contribution in [2.75, 3.05) is 7.05 Å². The lowest BCUT2D eigenvalue weighted by molar-refractivity contribution is -0.145. The van der Waals surface area contributed by atoms with Crippen LogP contribution in [0.5, 0.6) is 0 Å². The molecule has 3 aromatic rings. The highest BCUT2D eigenvalue weighted by molar-refractivity contribution is 7.86. The third-order valence-corrected chi connectivity index (χ3v) is 6.31. The van der Waals surface area contributed by atoms with Gasteiger partial charge in [0.25, 0.3) is 15.7 Å². The molecule has 0 fully saturated rings. The summed E-state index contributed by atoms with van der Waals surface area (Å²) >= 11 is 0. The minimum absolute atomic E-state index is 0.0442. The van der Waals surface area contributed by atoms with Crippen LogP contribution in [-0.4, -0.2) is 35.8 Å². The van der Waals surface area contributed by atoms with Crippen LogP contribution in [0, 0.1) is 6.92 Å². The number of hydrogen-bond donors (Lipinski definition) is 0. The Morgan fingerprint density at radius 1 is 1.03 bits per heavy atom. The second-order valence-corrected chi connectivity index (χ2v) is 8.58. The standard InChI is InChI=1S/C20H19N3O5S/c1-12-8-10-14(11-9-12)29(26,27)28-20-17-21-16-7-5-4-6-15(16)19(25)23(17)13(2)18(24)22(20)3/h4-11,13,20H,1-3H3/t13-,20-/m0/s1. The third-order valence-electron chi connectivity index (χ3n) is 5.03. The summed E-state index contributed by atoms with van der Waals surface area (Å²) in [5, 5.41) is 0.348. The predicted octanol–water partition coefficient (Wildman–Crippen LogP) is 2.14. The first-order valence-corrected chi connectivity index (χ1v) is 10.4. The maximum atomic E-state index is 13.0. The Balaban J connectivity index is 1.88. The molecule has 9 heteroatoms. The zero-order valence-electron chi connectivity index (χ0n) is 16.1. The number of benzene rings is 2. The van der Waals surface area contributed by atoms with E-state index in [0.717, 1.165) is 10.5 Å². The number of aromatic nitrogens is 2. The Hall–Kier alpha value is -3.04. The monoisotopic (exact) mass is 413 g/mol. The van der Waals surface area contributed by atoms with Gasteiger partial charge in [0.1, 0.15) is 6.04 Å². The van der Waals surface area contributed by atoms with E-state index in [0.29, 0.717) is 10.9 Å². The van der Waals surface area contributed by atoms with Gasteiger partial charge in [0.2, 0.25) is 12.1 Å². The van der Waals surface area contributed by atoms with Crippen LogP contribution in [0.1, 0.15) is 30.6 Å². The molecule has 1 amide bonds. The molecule has 8 nitrogen and oxygen atoms in total. The van der Waals surface area contributed by atoms with E-state index in [1.807, 2.05) is 6.92 Å². The molecule has 4 rings (SSSR count). The van der Waals surface area contributed by atoms with Crippen LogP contribution < -0.4 is 5.56 Å². The number of carbonyl (C=O) groups excluding carboxylic acids is 1. The summed E-state index contributed by atoms with van der Waals surface area (Å²) in [6.07, 6.45) is -1.36. The smallest absolute Gasteiger partial charge is 0.299 e. The Labute approximate surface area is 167 Å². The second kappa shape index (κ2) is 6.78. The van der Waals surface area contributed by atoms with Gasteiger partial charge in [-0.15, -0.1) is 0 Å². The van der Waals surface area contributed by atoms with Crippen LogP contribution in [0.25, 0.3) is 10.9 Å². The fraction of sp³-hybridized carbons (Fsp3) is 0.250. The van der Waals surface area contributed by atoms with Crippen molar-refractivity contribution in [1.82, 2.24) is 14.5 Å². The summed E-state index contributed by atoms with van der Waals surface area (Å²) in [7, 11) is -2.78. The zero-order valence-corrected chi connectivity index (χ0v) is 16.9. The molecule has 0 saturated heterocycles.